The molecule has 1 aliphatic rings. The molecule has 0 spiro atoms. The van der Waals surface area contributed by atoms with Crippen LogP contribution >= 0.6 is 0 Å². The Morgan fingerprint density at radius 2 is 2.35 bits per heavy atom. The highest BCUT2D eigenvalue weighted by Gasteiger charge is 2.23. The van der Waals surface area contributed by atoms with Gasteiger partial charge in [-0.3, -0.25) is 9.78 Å². The van der Waals surface area contributed by atoms with Crippen molar-refractivity contribution in [1.29, 1.82) is 0 Å². The summed E-state index contributed by atoms with van der Waals surface area (Å²) in [6.07, 6.45) is 4.54. The molecule has 1 heterocycles. The normalized spacial score (nSPS) is 14.4. The van der Waals surface area contributed by atoms with E-state index in [-0.39, 0.29) is 12.5 Å². The molecule has 1 aliphatic carbocycles. The highest BCUT2D eigenvalue weighted by atomic mass is 16.5. The lowest BCUT2D eigenvalue weighted by molar-refractivity contribution is -0.123. The number of hydrogen-bond donors (Lipinski definition) is 2. The first-order valence-corrected chi connectivity index (χ1v) is 5.85. The lowest BCUT2D eigenvalue weighted by Gasteiger charge is -2.06. The summed E-state index contributed by atoms with van der Waals surface area (Å²) in [6.45, 7) is 0.630. The third-order valence-electron chi connectivity index (χ3n) is 2.51. The van der Waals surface area contributed by atoms with Gasteiger partial charge in [0.05, 0.1) is 6.20 Å². The summed E-state index contributed by atoms with van der Waals surface area (Å²) in [6, 6.07) is 4.04. The summed E-state index contributed by atoms with van der Waals surface area (Å²) in [7, 11) is 0. The number of hydrogen-bond acceptors (Lipinski definition) is 4. The molecule has 1 amide bonds. The molecule has 0 radical (unpaired) electrons. The Hall–Kier alpha value is -1.62. The number of nitrogens with zero attached hydrogens (tertiary/aromatic N) is 1. The van der Waals surface area contributed by atoms with E-state index < -0.39 is 0 Å². The smallest absolute Gasteiger partial charge is 0.258 e. The predicted octanol–water partition coefficient (Wildman–Crippen LogP) is 0.240. The topological polar surface area (TPSA) is 77.2 Å². The number of carbonyl (C=O) groups excluding carboxylic acids is 1. The van der Waals surface area contributed by atoms with Crippen LogP contribution in [0.3, 0.4) is 0 Å². The number of rotatable bonds is 6. The molecule has 0 unspecified atom stereocenters. The molecule has 2 rings (SSSR count). The Bertz CT molecular complexity index is 374. The van der Waals surface area contributed by atoms with Crippen molar-refractivity contribution in [3.8, 4) is 5.75 Å². The van der Waals surface area contributed by atoms with Crippen LogP contribution in [0.15, 0.2) is 18.3 Å². The molecular weight excluding hydrogens is 218 g/mol. The molecule has 1 aromatic heterocycles. The van der Waals surface area contributed by atoms with Gasteiger partial charge in [-0.25, -0.2) is 0 Å². The van der Waals surface area contributed by atoms with Crippen molar-refractivity contribution in [2.24, 2.45) is 5.73 Å². The standard InChI is InChI=1S/C12H17N3O2/c13-6-5-9-3-4-11(7-14-9)17-8-12(16)15-10-1-2-10/h3-4,7,10H,1-2,5-6,8,13H2,(H,15,16). The maximum atomic E-state index is 11.4. The zero-order chi connectivity index (χ0) is 12.1. The number of pyridine rings is 1. The summed E-state index contributed by atoms with van der Waals surface area (Å²) >= 11 is 0. The number of ether oxygens (including phenoxy) is 1. The van der Waals surface area contributed by atoms with Gasteiger partial charge in [-0.1, -0.05) is 0 Å². The number of nitrogens with one attached hydrogen (secondary N) is 1. The van der Waals surface area contributed by atoms with Gasteiger partial charge >= 0.3 is 0 Å². The van der Waals surface area contributed by atoms with Crippen molar-refractivity contribution in [2.75, 3.05) is 13.2 Å². The van der Waals surface area contributed by atoms with Crippen molar-refractivity contribution in [1.82, 2.24) is 10.3 Å². The maximum Gasteiger partial charge on any atom is 0.258 e. The third kappa shape index (κ3) is 4.03. The molecule has 5 heteroatoms. The Morgan fingerprint density at radius 3 is 2.94 bits per heavy atom. The first kappa shape index (κ1) is 11.9. The Morgan fingerprint density at radius 1 is 1.53 bits per heavy atom. The molecule has 1 aromatic rings. The van der Waals surface area contributed by atoms with Crippen LogP contribution in [0.1, 0.15) is 18.5 Å². The highest BCUT2D eigenvalue weighted by Crippen LogP contribution is 2.18. The van der Waals surface area contributed by atoms with Gasteiger partial charge < -0.3 is 15.8 Å². The predicted molar refractivity (Wildman–Crippen MR) is 63.7 cm³/mol. The van der Waals surface area contributed by atoms with Crippen LogP contribution in [0.5, 0.6) is 5.75 Å². The van der Waals surface area contributed by atoms with Crippen molar-refractivity contribution in [2.45, 2.75) is 25.3 Å². The molecule has 3 N–H and O–H groups in total. The van der Waals surface area contributed by atoms with Crippen molar-refractivity contribution in [3.63, 3.8) is 0 Å². The van der Waals surface area contributed by atoms with E-state index in [9.17, 15) is 4.79 Å². The summed E-state index contributed by atoms with van der Waals surface area (Å²) < 4.78 is 5.32. The van der Waals surface area contributed by atoms with Gasteiger partial charge in [0.15, 0.2) is 6.61 Å². The molecule has 1 fully saturated rings. The second-order valence-corrected chi connectivity index (χ2v) is 4.15. The molecule has 17 heavy (non-hydrogen) atoms. The number of carbonyl (C=O) groups is 1. The number of aromatic nitrogens is 1. The van der Waals surface area contributed by atoms with E-state index in [1.807, 2.05) is 12.1 Å². The second kappa shape index (κ2) is 5.63. The minimum atomic E-state index is -0.0708. The molecule has 0 aromatic carbocycles. The zero-order valence-electron chi connectivity index (χ0n) is 9.69. The van der Waals surface area contributed by atoms with Crippen LogP contribution in [0.2, 0.25) is 0 Å². The first-order chi connectivity index (χ1) is 8.28. The largest absolute Gasteiger partial charge is 0.482 e. The SMILES string of the molecule is NCCc1ccc(OCC(=O)NC2CC2)cn1. The molecule has 0 atom stereocenters. The van der Waals surface area contributed by atoms with Gasteiger partial charge in [0, 0.05) is 18.2 Å². The minimum absolute atomic E-state index is 0.0500. The monoisotopic (exact) mass is 235 g/mol. The molecule has 0 saturated heterocycles. The molecule has 5 nitrogen and oxygen atoms in total. The van der Waals surface area contributed by atoms with E-state index in [0.29, 0.717) is 18.3 Å². The summed E-state index contributed by atoms with van der Waals surface area (Å²) in [4.78, 5) is 15.5. The fraction of sp³-hybridized carbons (Fsp3) is 0.500. The zero-order valence-corrected chi connectivity index (χ0v) is 9.69. The number of nitrogens with two attached hydrogens (primary N) is 1. The van der Waals surface area contributed by atoms with Gasteiger partial charge in [0.2, 0.25) is 0 Å². The molecule has 1 saturated carbocycles. The summed E-state index contributed by atoms with van der Waals surface area (Å²) in [5.41, 5.74) is 6.36. The van der Waals surface area contributed by atoms with E-state index in [1.165, 1.54) is 0 Å². The minimum Gasteiger partial charge on any atom is -0.482 e. The van der Waals surface area contributed by atoms with Gasteiger partial charge in [0.1, 0.15) is 5.75 Å². The van der Waals surface area contributed by atoms with Crippen LogP contribution in [-0.2, 0) is 11.2 Å². The van der Waals surface area contributed by atoms with E-state index in [1.54, 1.807) is 6.20 Å². The molecule has 92 valence electrons. The summed E-state index contributed by atoms with van der Waals surface area (Å²) in [5, 5.41) is 2.85. The molecule has 0 bridgehead atoms. The Balaban J connectivity index is 1.75. The molecule has 0 aliphatic heterocycles. The van der Waals surface area contributed by atoms with Crippen molar-refractivity contribution in [3.05, 3.63) is 24.0 Å². The first-order valence-electron chi connectivity index (χ1n) is 5.85. The average molecular weight is 235 g/mol. The van der Waals surface area contributed by atoms with Gasteiger partial charge in [0.25, 0.3) is 5.91 Å². The van der Waals surface area contributed by atoms with Gasteiger partial charge in [-0.2, -0.15) is 0 Å². The van der Waals surface area contributed by atoms with Gasteiger partial charge in [-0.15, -0.1) is 0 Å². The van der Waals surface area contributed by atoms with Crippen LogP contribution in [0, 0.1) is 0 Å². The van der Waals surface area contributed by atoms with Crippen LogP contribution in [-0.4, -0.2) is 30.1 Å². The molecular formula is C12H17N3O2. The quantitative estimate of drug-likeness (QED) is 0.740. The average Bonchev–Trinajstić information content (AvgIpc) is 3.12. The van der Waals surface area contributed by atoms with Crippen molar-refractivity contribution < 1.29 is 9.53 Å². The Kier molecular flexibility index (Phi) is 3.93. The lowest BCUT2D eigenvalue weighted by atomic mass is 10.3. The lowest BCUT2D eigenvalue weighted by Crippen LogP contribution is -2.30. The second-order valence-electron chi connectivity index (χ2n) is 4.15. The maximum absolute atomic E-state index is 11.4. The van der Waals surface area contributed by atoms with Crippen LogP contribution in [0.25, 0.3) is 0 Å². The summed E-state index contributed by atoms with van der Waals surface area (Å²) in [5.74, 6) is 0.537. The fourth-order valence-electron chi connectivity index (χ4n) is 1.44. The highest BCUT2D eigenvalue weighted by molar-refractivity contribution is 5.78. The number of amides is 1. The van der Waals surface area contributed by atoms with E-state index in [2.05, 4.69) is 10.3 Å². The van der Waals surface area contributed by atoms with Crippen LogP contribution < -0.4 is 15.8 Å². The fourth-order valence-corrected chi connectivity index (χ4v) is 1.44. The van der Waals surface area contributed by atoms with E-state index >= 15 is 0 Å². The van der Waals surface area contributed by atoms with Crippen LogP contribution in [0.4, 0.5) is 0 Å². The third-order valence-corrected chi connectivity index (χ3v) is 2.51. The van der Waals surface area contributed by atoms with E-state index in [4.69, 9.17) is 10.5 Å². The van der Waals surface area contributed by atoms with Crippen molar-refractivity contribution >= 4 is 5.91 Å². The van der Waals surface area contributed by atoms with Gasteiger partial charge in [-0.05, 0) is 31.5 Å². The Labute approximate surface area is 100 Å². The van der Waals surface area contributed by atoms with E-state index in [0.717, 1.165) is 25.0 Å².